The molecule has 0 spiro atoms. The molecule has 0 saturated carbocycles. The number of nitrogens with zero attached hydrogens (tertiary/aromatic N) is 3. The minimum atomic E-state index is -0.475. The van der Waals surface area contributed by atoms with Gasteiger partial charge < -0.3 is 10.2 Å². The van der Waals surface area contributed by atoms with Gasteiger partial charge in [-0.2, -0.15) is 0 Å². The van der Waals surface area contributed by atoms with Crippen molar-refractivity contribution in [3.8, 4) is 0 Å². The molecule has 7 nitrogen and oxygen atoms in total. The molecule has 1 aliphatic rings. The van der Waals surface area contributed by atoms with Crippen LogP contribution in [0.2, 0.25) is 5.02 Å². The normalized spacial score (nSPS) is 17.0. The molecule has 1 aliphatic heterocycles. The van der Waals surface area contributed by atoms with Gasteiger partial charge in [0.05, 0.1) is 21.6 Å². The Morgan fingerprint density at radius 1 is 1.38 bits per heavy atom. The molecular formula is C18H19ClN4O3. The monoisotopic (exact) mass is 374 g/mol. The van der Waals surface area contributed by atoms with Crippen molar-refractivity contribution in [1.29, 1.82) is 0 Å². The first-order valence-electron chi connectivity index (χ1n) is 8.37. The summed E-state index contributed by atoms with van der Waals surface area (Å²) in [6.07, 6.45) is 1.62. The average molecular weight is 375 g/mol. The van der Waals surface area contributed by atoms with E-state index in [9.17, 15) is 14.9 Å². The van der Waals surface area contributed by atoms with Crippen molar-refractivity contribution >= 4 is 34.7 Å². The van der Waals surface area contributed by atoms with Crippen LogP contribution in [-0.4, -0.2) is 28.9 Å². The second-order valence-corrected chi connectivity index (χ2v) is 6.74. The number of rotatable bonds is 4. The Bertz CT molecular complexity index is 843. The van der Waals surface area contributed by atoms with Gasteiger partial charge in [-0.25, -0.2) is 4.98 Å². The van der Waals surface area contributed by atoms with Crippen LogP contribution in [0.1, 0.15) is 18.5 Å². The number of piperidine rings is 1. The second-order valence-electron chi connectivity index (χ2n) is 6.33. The van der Waals surface area contributed by atoms with Crippen molar-refractivity contribution in [2.45, 2.75) is 19.8 Å². The van der Waals surface area contributed by atoms with Gasteiger partial charge in [-0.3, -0.25) is 14.9 Å². The molecule has 1 saturated heterocycles. The number of pyridine rings is 1. The van der Waals surface area contributed by atoms with E-state index in [1.165, 1.54) is 12.1 Å². The third-order valence-electron chi connectivity index (χ3n) is 4.41. The van der Waals surface area contributed by atoms with Crippen LogP contribution in [0.25, 0.3) is 0 Å². The van der Waals surface area contributed by atoms with Crippen molar-refractivity contribution < 1.29 is 9.72 Å². The van der Waals surface area contributed by atoms with Gasteiger partial charge in [-0.05, 0) is 38.0 Å². The van der Waals surface area contributed by atoms with Crippen LogP contribution < -0.4 is 10.2 Å². The fourth-order valence-electron chi connectivity index (χ4n) is 3.12. The van der Waals surface area contributed by atoms with Crippen molar-refractivity contribution in [2.75, 3.05) is 23.3 Å². The van der Waals surface area contributed by atoms with Gasteiger partial charge in [-0.1, -0.05) is 17.7 Å². The maximum Gasteiger partial charge on any atom is 0.271 e. The number of halogens is 1. The molecule has 3 rings (SSSR count). The molecular weight excluding hydrogens is 356 g/mol. The molecule has 1 amide bonds. The van der Waals surface area contributed by atoms with Gasteiger partial charge in [0.25, 0.3) is 5.69 Å². The van der Waals surface area contributed by atoms with Gasteiger partial charge in [0.1, 0.15) is 5.82 Å². The lowest BCUT2D eigenvalue weighted by atomic mass is 9.96. The minimum Gasteiger partial charge on any atom is -0.370 e. The van der Waals surface area contributed by atoms with E-state index in [2.05, 4.69) is 10.3 Å². The van der Waals surface area contributed by atoms with Crippen LogP contribution in [0.4, 0.5) is 17.2 Å². The molecule has 1 aromatic carbocycles. The molecule has 0 radical (unpaired) electrons. The lowest BCUT2D eigenvalue weighted by molar-refractivity contribution is -0.384. The lowest BCUT2D eigenvalue weighted by Gasteiger charge is -2.34. The second kappa shape index (κ2) is 7.70. The molecule has 136 valence electrons. The van der Waals surface area contributed by atoms with Gasteiger partial charge in [-0.15, -0.1) is 0 Å². The van der Waals surface area contributed by atoms with E-state index in [0.717, 1.165) is 25.1 Å². The van der Waals surface area contributed by atoms with Gasteiger partial charge in [0.2, 0.25) is 5.91 Å². The van der Waals surface area contributed by atoms with E-state index in [0.29, 0.717) is 23.1 Å². The number of hydrogen-bond acceptors (Lipinski definition) is 5. The Balaban J connectivity index is 1.71. The SMILES string of the molecule is Cc1cccc(NC(=O)[C@H]2CCCN(c3ccc([N+](=O)[O-])cc3Cl)C2)n1. The molecule has 2 aromatic rings. The third-order valence-corrected chi connectivity index (χ3v) is 4.72. The highest BCUT2D eigenvalue weighted by molar-refractivity contribution is 6.33. The van der Waals surface area contributed by atoms with E-state index < -0.39 is 4.92 Å². The number of nitro benzene ring substituents is 1. The number of hydrogen-bond donors (Lipinski definition) is 1. The van der Waals surface area contributed by atoms with Gasteiger partial charge in [0.15, 0.2) is 0 Å². The maximum atomic E-state index is 12.6. The number of nitrogens with one attached hydrogen (secondary N) is 1. The van der Waals surface area contributed by atoms with E-state index in [-0.39, 0.29) is 17.5 Å². The average Bonchev–Trinajstić information content (AvgIpc) is 2.61. The smallest absolute Gasteiger partial charge is 0.271 e. The highest BCUT2D eigenvalue weighted by Crippen LogP contribution is 2.32. The molecule has 1 atom stereocenters. The predicted octanol–water partition coefficient (Wildman–Crippen LogP) is 3.81. The van der Waals surface area contributed by atoms with E-state index in [4.69, 9.17) is 11.6 Å². The number of aromatic nitrogens is 1. The first-order chi connectivity index (χ1) is 12.4. The summed E-state index contributed by atoms with van der Waals surface area (Å²) < 4.78 is 0. The zero-order chi connectivity index (χ0) is 18.7. The Hall–Kier alpha value is -2.67. The van der Waals surface area contributed by atoms with Crippen molar-refractivity contribution in [3.05, 3.63) is 57.2 Å². The molecule has 1 N–H and O–H groups in total. The van der Waals surface area contributed by atoms with E-state index in [1.807, 2.05) is 24.0 Å². The third kappa shape index (κ3) is 4.11. The Morgan fingerprint density at radius 3 is 2.88 bits per heavy atom. The Morgan fingerprint density at radius 2 is 2.19 bits per heavy atom. The molecule has 26 heavy (non-hydrogen) atoms. The maximum absolute atomic E-state index is 12.6. The summed E-state index contributed by atoms with van der Waals surface area (Å²) in [6, 6.07) is 9.90. The highest BCUT2D eigenvalue weighted by atomic mass is 35.5. The van der Waals surface area contributed by atoms with Gasteiger partial charge in [0, 0.05) is 30.9 Å². The molecule has 0 unspecified atom stereocenters. The molecule has 2 heterocycles. The number of carbonyl (C=O) groups is 1. The molecule has 0 bridgehead atoms. The van der Waals surface area contributed by atoms with Crippen LogP contribution >= 0.6 is 11.6 Å². The largest absolute Gasteiger partial charge is 0.370 e. The quantitative estimate of drug-likeness (QED) is 0.649. The van der Waals surface area contributed by atoms with Crippen molar-refractivity contribution in [3.63, 3.8) is 0 Å². The van der Waals surface area contributed by atoms with Crippen LogP contribution in [0, 0.1) is 23.0 Å². The first kappa shape index (κ1) is 18.1. The molecule has 1 fully saturated rings. The zero-order valence-electron chi connectivity index (χ0n) is 14.3. The summed E-state index contributed by atoms with van der Waals surface area (Å²) in [6.45, 7) is 3.13. The number of aryl methyl sites for hydroxylation is 1. The summed E-state index contributed by atoms with van der Waals surface area (Å²) in [4.78, 5) is 29.3. The first-order valence-corrected chi connectivity index (χ1v) is 8.75. The molecule has 1 aromatic heterocycles. The predicted molar refractivity (Wildman–Crippen MR) is 101 cm³/mol. The minimum absolute atomic E-state index is 0.0458. The standard InChI is InChI=1S/C18H19ClN4O3/c1-12-4-2-6-17(20-12)21-18(24)13-5-3-9-22(11-13)16-8-7-14(23(25)26)10-15(16)19/h2,4,6-8,10,13H,3,5,9,11H2,1H3,(H,20,21,24)/t13-/m0/s1. The fourth-order valence-corrected chi connectivity index (χ4v) is 3.41. The zero-order valence-corrected chi connectivity index (χ0v) is 15.1. The fraction of sp³-hybridized carbons (Fsp3) is 0.333. The Labute approximate surface area is 156 Å². The van der Waals surface area contributed by atoms with Crippen molar-refractivity contribution in [2.24, 2.45) is 5.92 Å². The summed E-state index contributed by atoms with van der Waals surface area (Å²) in [7, 11) is 0. The summed E-state index contributed by atoms with van der Waals surface area (Å²) in [5.74, 6) is 0.267. The molecule has 0 aliphatic carbocycles. The Kier molecular flexibility index (Phi) is 5.37. The van der Waals surface area contributed by atoms with Crippen molar-refractivity contribution in [1.82, 2.24) is 4.98 Å². The van der Waals surface area contributed by atoms with E-state index in [1.54, 1.807) is 12.1 Å². The van der Waals surface area contributed by atoms with Crippen LogP contribution in [0.5, 0.6) is 0 Å². The molecule has 8 heteroatoms. The number of anilines is 2. The van der Waals surface area contributed by atoms with Gasteiger partial charge >= 0.3 is 0 Å². The van der Waals surface area contributed by atoms with Crippen LogP contribution in [0.15, 0.2) is 36.4 Å². The number of amides is 1. The summed E-state index contributed by atoms with van der Waals surface area (Å²) in [5.41, 5.74) is 1.50. The lowest BCUT2D eigenvalue weighted by Crippen LogP contribution is -2.41. The van der Waals surface area contributed by atoms with E-state index >= 15 is 0 Å². The number of carbonyl (C=O) groups excluding carboxylic acids is 1. The summed E-state index contributed by atoms with van der Waals surface area (Å²) >= 11 is 6.22. The highest BCUT2D eigenvalue weighted by Gasteiger charge is 2.27. The topological polar surface area (TPSA) is 88.4 Å². The van der Waals surface area contributed by atoms with Crippen LogP contribution in [0.3, 0.4) is 0 Å². The number of benzene rings is 1. The van der Waals surface area contributed by atoms with Crippen LogP contribution in [-0.2, 0) is 4.79 Å². The number of non-ortho nitro benzene ring substituents is 1. The number of nitro groups is 1. The summed E-state index contributed by atoms with van der Waals surface area (Å²) in [5, 5.41) is 14.0.